The van der Waals surface area contributed by atoms with Crippen LogP contribution in [0.2, 0.25) is 0 Å². The van der Waals surface area contributed by atoms with Gasteiger partial charge in [0, 0.05) is 23.4 Å². The number of carbonyl (C=O) groups excluding carboxylic acids is 2. The molecule has 3 N–H and O–H groups in total. The van der Waals surface area contributed by atoms with Gasteiger partial charge in [-0.2, -0.15) is 0 Å². The van der Waals surface area contributed by atoms with Gasteiger partial charge in [0.25, 0.3) is 5.91 Å². The van der Waals surface area contributed by atoms with Crippen LogP contribution in [0.3, 0.4) is 0 Å². The Kier molecular flexibility index (Phi) is 8.02. The standard InChI is InChI=1S/C21H24N4O2.2ClH/c26-19(24-14-17-5-1-2-9-23-17)15-4-3-6-16(12-15)25-20(27)18-13-21(18)7-10-22-11-8-21;;/h1-6,9,12,18,22H,7-8,10-11,13-14H2,(H,24,26)(H,25,27);2*1H. The molecule has 2 fully saturated rings. The van der Waals surface area contributed by atoms with E-state index in [-0.39, 0.29) is 48.0 Å². The van der Waals surface area contributed by atoms with Gasteiger partial charge in [-0.3, -0.25) is 14.6 Å². The minimum Gasteiger partial charge on any atom is -0.346 e. The molecule has 4 rings (SSSR count). The number of pyridine rings is 1. The van der Waals surface area contributed by atoms with E-state index in [2.05, 4.69) is 20.9 Å². The maximum absolute atomic E-state index is 12.6. The molecule has 2 aliphatic rings. The highest BCUT2D eigenvalue weighted by atomic mass is 35.5. The van der Waals surface area contributed by atoms with E-state index in [1.54, 1.807) is 24.4 Å². The number of piperidine rings is 1. The fourth-order valence-electron chi connectivity index (χ4n) is 3.94. The molecule has 1 saturated heterocycles. The first-order valence-electron chi connectivity index (χ1n) is 9.46. The van der Waals surface area contributed by atoms with Crippen LogP contribution in [-0.4, -0.2) is 29.9 Å². The molecule has 156 valence electrons. The van der Waals surface area contributed by atoms with Gasteiger partial charge in [-0.15, -0.1) is 24.8 Å². The van der Waals surface area contributed by atoms with Crippen LogP contribution in [0.15, 0.2) is 48.7 Å². The van der Waals surface area contributed by atoms with Gasteiger partial charge < -0.3 is 16.0 Å². The molecular weight excluding hydrogens is 411 g/mol. The summed E-state index contributed by atoms with van der Waals surface area (Å²) in [7, 11) is 0. The Labute approximate surface area is 183 Å². The van der Waals surface area contributed by atoms with Gasteiger partial charge >= 0.3 is 0 Å². The molecule has 6 nitrogen and oxygen atoms in total. The fourth-order valence-corrected chi connectivity index (χ4v) is 3.94. The van der Waals surface area contributed by atoms with E-state index in [9.17, 15) is 9.59 Å². The van der Waals surface area contributed by atoms with Gasteiger partial charge in [0.15, 0.2) is 0 Å². The fraction of sp³-hybridized carbons (Fsp3) is 0.381. The number of hydrogen-bond acceptors (Lipinski definition) is 4. The topological polar surface area (TPSA) is 83.1 Å². The van der Waals surface area contributed by atoms with E-state index in [4.69, 9.17) is 0 Å². The van der Waals surface area contributed by atoms with Crippen LogP contribution in [0.5, 0.6) is 0 Å². The Bertz CT molecular complexity index is 842. The number of nitrogens with one attached hydrogen (secondary N) is 3. The molecule has 1 aromatic heterocycles. The van der Waals surface area contributed by atoms with Gasteiger partial charge in [-0.25, -0.2) is 0 Å². The van der Waals surface area contributed by atoms with Crippen molar-refractivity contribution in [3.05, 3.63) is 59.9 Å². The van der Waals surface area contributed by atoms with Crippen molar-refractivity contribution in [1.29, 1.82) is 0 Å². The highest BCUT2D eigenvalue weighted by Crippen LogP contribution is 2.58. The largest absolute Gasteiger partial charge is 0.346 e. The summed E-state index contributed by atoms with van der Waals surface area (Å²) < 4.78 is 0. The summed E-state index contributed by atoms with van der Waals surface area (Å²) in [5.74, 6) is -0.0119. The molecule has 1 aliphatic heterocycles. The number of aromatic nitrogens is 1. The highest BCUT2D eigenvalue weighted by Gasteiger charge is 2.57. The zero-order valence-corrected chi connectivity index (χ0v) is 17.7. The Morgan fingerprint density at radius 1 is 1.10 bits per heavy atom. The summed E-state index contributed by atoms with van der Waals surface area (Å²) >= 11 is 0. The van der Waals surface area contributed by atoms with Gasteiger partial charge in [-0.05, 0) is 68.1 Å². The second-order valence-corrected chi connectivity index (χ2v) is 7.44. The predicted molar refractivity (Wildman–Crippen MR) is 118 cm³/mol. The molecule has 1 aliphatic carbocycles. The van der Waals surface area contributed by atoms with Gasteiger partial charge in [0.2, 0.25) is 5.91 Å². The number of nitrogens with zero attached hydrogens (tertiary/aromatic N) is 1. The Morgan fingerprint density at radius 3 is 2.62 bits per heavy atom. The summed E-state index contributed by atoms with van der Waals surface area (Å²) in [5.41, 5.74) is 2.20. The van der Waals surface area contributed by atoms with Crippen LogP contribution in [0.4, 0.5) is 5.69 Å². The van der Waals surface area contributed by atoms with E-state index < -0.39 is 0 Å². The number of benzene rings is 1. The van der Waals surface area contributed by atoms with Gasteiger partial charge in [0.05, 0.1) is 12.2 Å². The third kappa shape index (κ3) is 5.47. The van der Waals surface area contributed by atoms with Crippen molar-refractivity contribution in [2.45, 2.75) is 25.8 Å². The molecule has 1 spiro atoms. The number of halogens is 2. The quantitative estimate of drug-likeness (QED) is 0.671. The van der Waals surface area contributed by atoms with Crippen molar-refractivity contribution in [2.75, 3.05) is 18.4 Å². The van der Waals surface area contributed by atoms with Crippen molar-refractivity contribution < 1.29 is 9.59 Å². The lowest BCUT2D eigenvalue weighted by Gasteiger charge is -2.23. The minimum atomic E-state index is -0.182. The number of anilines is 1. The average molecular weight is 437 g/mol. The molecule has 1 aromatic carbocycles. The van der Waals surface area contributed by atoms with Gasteiger partial charge in [-0.1, -0.05) is 12.1 Å². The van der Waals surface area contributed by atoms with Crippen molar-refractivity contribution >= 4 is 42.3 Å². The second kappa shape index (κ2) is 10.1. The first-order valence-corrected chi connectivity index (χ1v) is 9.46. The smallest absolute Gasteiger partial charge is 0.251 e. The Hall–Kier alpha value is -2.15. The third-order valence-electron chi connectivity index (χ3n) is 5.65. The van der Waals surface area contributed by atoms with E-state index in [0.29, 0.717) is 17.8 Å². The summed E-state index contributed by atoms with van der Waals surface area (Å²) in [6.07, 6.45) is 4.82. The first-order chi connectivity index (χ1) is 13.2. The number of carbonyl (C=O) groups is 2. The van der Waals surface area contributed by atoms with Gasteiger partial charge in [0.1, 0.15) is 0 Å². The van der Waals surface area contributed by atoms with Crippen LogP contribution >= 0.6 is 24.8 Å². The number of rotatable bonds is 5. The molecule has 0 radical (unpaired) electrons. The van der Waals surface area contributed by atoms with Crippen LogP contribution < -0.4 is 16.0 Å². The number of amides is 2. The summed E-state index contributed by atoms with van der Waals surface area (Å²) in [6.45, 7) is 2.36. The van der Waals surface area contributed by atoms with Crippen LogP contribution in [0, 0.1) is 11.3 Å². The van der Waals surface area contributed by atoms with Crippen LogP contribution in [0.1, 0.15) is 35.3 Å². The molecule has 8 heteroatoms. The zero-order chi connectivity index (χ0) is 18.7. The first kappa shape index (κ1) is 23.1. The lowest BCUT2D eigenvalue weighted by atomic mass is 9.92. The maximum Gasteiger partial charge on any atom is 0.251 e. The van der Waals surface area contributed by atoms with Crippen LogP contribution in [0.25, 0.3) is 0 Å². The second-order valence-electron chi connectivity index (χ2n) is 7.44. The van der Waals surface area contributed by atoms with E-state index >= 15 is 0 Å². The monoisotopic (exact) mass is 436 g/mol. The molecule has 1 unspecified atom stereocenters. The maximum atomic E-state index is 12.6. The van der Waals surface area contributed by atoms with E-state index in [1.807, 2.05) is 24.3 Å². The Morgan fingerprint density at radius 2 is 1.90 bits per heavy atom. The predicted octanol–water partition coefficient (Wildman–Crippen LogP) is 3.18. The summed E-state index contributed by atoms with van der Waals surface area (Å²) in [5, 5.41) is 9.20. The van der Waals surface area contributed by atoms with Crippen molar-refractivity contribution in [3.63, 3.8) is 0 Å². The summed E-state index contributed by atoms with van der Waals surface area (Å²) in [4.78, 5) is 29.2. The summed E-state index contributed by atoms with van der Waals surface area (Å²) in [6, 6.07) is 12.7. The SMILES string of the molecule is Cl.Cl.O=C(NCc1ccccn1)c1cccc(NC(=O)C2CC23CCNCC3)c1. The number of hydrogen-bond donors (Lipinski definition) is 3. The highest BCUT2D eigenvalue weighted by molar-refractivity contribution is 5.98. The lowest BCUT2D eigenvalue weighted by Crippen LogP contribution is -2.31. The molecule has 2 aromatic rings. The van der Waals surface area contributed by atoms with E-state index in [0.717, 1.165) is 38.0 Å². The molecule has 29 heavy (non-hydrogen) atoms. The molecular formula is C21H26Cl2N4O2. The Balaban J connectivity index is 0.00000150. The molecule has 2 heterocycles. The lowest BCUT2D eigenvalue weighted by molar-refractivity contribution is -0.118. The van der Waals surface area contributed by atoms with E-state index in [1.165, 1.54) is 0 Å². The molecule has 2 amide bonds. The molecule has 1 saturated carbocycles. The van der Waals surface area contributed by atoms with Crippen LogP contribution in [-0.2, 0) is 11.3 Å². The molecule has 0 bridgehead atoms. The van der Waals surface area contributed by atoms with Crippen molar-refractivity contribution in [1.82, 2.24) is 15.6 Å². The molecule has 1 atom stereocenters. The minimum absolute atomic E-state index is 0. The zero-order valence-electron chi connectivity index (χ0n) is 16.0. The van der Waals surface area contributed by atoms with Crippen molar-refractivity contribution in [2.24, 2.45) is 11.3 Å². The van der Waals surface area contributed by atoms with Crippen molar-refractivity contribution in [3.8, 4) is 0 Å². The third-order valence-corrected chi connectivity index (χ3v) is 5.65. The average Bonchev–Trinajstić information content (AvgIpc) is 3.40. The normalized spacial score (nSPS) is 18.7.